The predicted octanol–water partition coefficient (Wildman–Crippen LogP) is 4.68. The average molecular weight is 380 g/mol. The summed E-state index contributed by atoms with van der Waals surface area (Å²) in [6.45, 7) is 5.68. The number of benzene rings is 2. The number of hydrogen-bond acceptors (Lipinski definition) is 2. The van der Waals surface area contributed by atoms with E-state index in [2.05, 4.69) is 16.0 Å². The Bertz CT molecular complexity index is 799. The van der Waals surface area contributed by atoms with Gasteiger partial charge in [0, 0.05) is 10.7 Å². The minimum absolute atomic E-state index is 0.170. The molecule has 0 aliphatic heterocycles. The summed E-state index contributed by atoms with van der Waals surface area (Å²) in [6, 6.07) is 8.16. The first-order valence-electron chi connectivity index (χ1n) is 7.64. The fourth-order valence-corrected chi connectivity index (χ4v) is 2.82. The monoisotopic (exact) mass is 379 g/mol. The Balaban J connectivity index is 1.92. The molecule has 0 aromatic heterocycles. The van der Waals surface area contributed by atoms with Crippen molar-refractivity contribution in [3.63, 3.8) is 0 Å². The lowest BCUT2D eigenvalue weighted by Crippen LogP contribution is -2.36. The lowest BCUT2D eigenvalue weighted by molar-refractivity contribution is -0.115. The number of aryl methyl sites for hydroxylation is 3. The van der Waals surface area contributed by atoms with Gasteiger partial charge in [0.2, 0.25) is 5.91 Å². The topological polar surface area (TPSA) is 70.2 Å². The molecule has 0 unspecified atom stereocenters. The van der Waals surface area contributed by atoms with Gasteiger partial charge in [-0.2, -0.15) is 0 Å². The Hall–Kier alpha value is -2.24. The minimum atomic E-state index is -0.545. The van der Waals surface area contributed by atoms with Crippen molar-refractivity contribution >= 4 is 46.5 Å². The molecule has 2 rings (SSSR count). The van der Waals surface area contributed by atoms with E-state index in [1.54, 1.807) is 12.1 Å². The Labute approximate surface area is 156 Å². The summed E-state index contributed by atoms with van der Waals surface area (Å²) in [4.78, 5) is 24.0. The molecule has 0 heterocycles. The van der Waals surface area contributed by atoms with Gasteiger partial charge >= 0.3 is 6.03 Å². The van der Waals surface area contributed by atoms with Crippen LogP contribution in [0.25, 0.3) is 0 Å². The standard InChI is InChI=1S/C18H19Cl2N3O2/c1-10-6-11(2)17(12(3)7-10)23-16(24)9-21-18(25)22-15-8-13(19)4-5-14(15)20/h4-8H,9H2,1-3H3,(H,23,24)(H2,21,22,25). The van der Waals surface area contributed by atoms with Crippen molar-refractivity contribution in [2.45, 2.75) is 20.8 Å². The number of rotatable bonds is 4. The lowest BCUT2D eigenvalue weighted by Gasteiger charge is -2.13. The summed E-state index contributed by atoms with van der Waals surface area (Å²) < 4.78 is 0. The first kappa shape index (κ1) is 19.1. The molecule has 0 radical (unpaired) electrons. The van der Waals surface area contributed by atoms with Crippen molar-refractivity contribution in [2.75, 3.05) is 17.2 Å². The second-order valence-corrected chi connectivity index (χ2v) is 6.60. The maximum Gasteiger partial charge on any atom is 0.319 e. The maximum absolute atomic E-state index is 12.1. The lowest BCUT2D eigenvalue weighted by atomic mass is 10.1. The molecule has 0 atom stereocenters. The zero-order valence-corrected chi connectivity index (χ0v) is 15.7. The molecule has 0 bridgehead atoms. The second-order valence-electron chi connectivity index (χ2n) is 5.75. The first-order chi connectivity index (χ1) is 11.8. The van der Waals surface area contributed by atoms with E-state index in [0.717, 1.165) is 22.4 Å². The zero-order chi connectivity index (χ0) is 18.6. The molecule has 132 valence electrons. The van der Waals surface area contributed by atoms with Crippen LogP contribution in [0.5, 0.6) is 0 Å². The molecule has 3 amide bonds. The third-order valence-electron chi connectivity index (χ3n) is 3.53. The van der Waals surface area contributed by atoms with Crippen molar-refractivity contribution in [1.29, 1.82) is 0 Å². The number of carbonyl (C=O) groups is 2. The summed E-state index contributed by atoms with van der Waals surface area (Å²) in [6.07, 6.45) is 0. The van der Waals surface area contributed by atoms with E-state index >= 15 is 0 Å². The summed E-state index contributed by atoms with van der Waals surface area (Å²) in [5, 5.41) is 8.66. The van der Waals surface area contributed by atoms with E-state index in [1.165, 1.54) is 6.07 Å². The maximum atomic E-state index is 12.1. The number of anilines is 2. The van der Waals surface area contributed by atoms with E-state index in [0.29, 0.717) is 15.7 Å². The number of amides is 3. The molecule has 0 fully saturated rings. The van der Waals surface area contributed by atoms with Crippen LogP contribution >= 0.6 is 23.2 Å². The summed E-state index contributed by atoms with van der Waals surface area (Å²) in [7, 11) is 0. The normalized spacial score (nSPS) is 10.3. The second kappa shape index (κ2) is 8.23. The van der Waals surface area contributed by atoms with E-state index in [9.17, 15) is 9.59 Å². The molecule has 7 heteroatoms. The smallest absolute Gasteiger partial charge is 0.319 e. The number of hydrogen-bond donors (Lipinski definition) is 3. The Morgan fingerprint density at radius 2 is 1.60 bits per heavy atom. The van der Waals surface area contributed by atoms with Crippen LogP contribution < -0.4 is 16.0 Å². The van der Waals surface area contributed by atoms with Gasteiger partial charge in [-0.15, -0.1) is 0 Å². The fraction of sp³-hybridized carbons (Fsp3) is 0.222. The van der Waals surface area contributed by atoms with Gasteiger partial charge in [-0.1, -0.05) is 40.9 Å². The van der Waals surface area contributed by atoms with Gasteiger partial charge in [-0.3, -0.25) is 4.79 Å². The molecule has 25 heavy (non-hydrogen) atoms. The van der Waals surface area contributed by atoms with Crippen LogP contribution in [0.4, 0.5) is 16.2 Å². The van der Waals surface area contributed by atoms with E-state index in [-0.39, 0.29) is 12.5 Å². The molecule has 0 saturated carbocycles. The van der Waals surface area contributed by atoms with Gasteiger partial charge in [0.25, 0.3) is 0 Å². The molecular formula is C18H19Cl2N3O2. The van der Waals surface area contributed by atoms with Gasteiger partial charge in [0.15, 0.2) is 0 Å². The highest BCUT2D eigenvalue weighted by Crippen LogP contribution is 2.25. The third kappa shape index (κ3) is 5.37. The first-order valence-corrected chi connectivity index (χ1v) is 8.39. The summed E-state index contributed by atoms with van der Waals surface area (Å²) >= 11 is 11.8. The molecular weight excluding hydrogens is 361 g/mol. The molecule has 2 aromatic rings. The van der Waals surface area contributed by atoms with Gasteiger partial charge in [-0.25, -0.2) is 4.79 Å². The predicted molar refractivity (Wildman–Crippen MR) is 103 cm³/mol. The van der Waals surface area contributed by atoms with Crippen molar-refractivity contribution in [1.82, 2.24) is 5.32 Å². The zero-order valence-electron chi connectivity index (χ0n) is 14.2. The van der Waals surface area contributed by atoms with Gasteiger partial charge in [0.1, 0.15) is 0 Å². The quantitative estimate of drug-likeness (QED) is 0.721. The highest BCUT2D eigenvalue weighted by molar-refractivity contribution is 6.35. The molecule has 5 nitrogen and oxygen atoms in total. The van der Waals surface area contributed by atoms with Crippen LogP contribution in [0.15, 0.2) is 30.3 Å². The van der Waals surface area contributed by atoms with E-state index in [1.807, 2.05) is 32.9 Å². The Morgan fingerprint density at radius 3 is 2.24 bits per heavy atom. The van der Waals surface area contributed by atoms with Gasteiger partial charge in [0.05, 0.1) is 17.3 Å². The van der Waals surface area contributed by atoms with Crippen LogP contribution in [-0.4, -0.2) is 18.5 Å². The van der Waals surface area contributed by atoms with Crippen molar-refractivity contribution in [3.8, 4) is 0 Å². The van der Waals surface area contributed by atoms with Crippen LogP contribution in [0.1, 0.15) is 16.7 Å². The Morgan fingerprint density at radius 1 is 0.960 bits per heavy atom. The van der Waals surface area contributed by atoms with Crippen molar-refractivity contribution in [3.05, 3.63) is 57.1 Å². The van der Waals surface area contributed by atoms with Crippen LogP contribution in [-0.2, 0) is 4.79 Å². The highest BCUT2D eigenvalue weighted by atomic mass is 35.5. The molecule has 2 aromatic carbocycles. The van der Waals surface area contributed by atoms with Crippen molar-refractivity contribution in [2.24, 2.45) is 0 Å². The van der Waals surface area contributed by atoms with Crippen LogP contribution in [0.3, 0.4) is 0 Å². The van der Waals surface area contributed by atoms with Crippen LogP contribution in [0.2, 0.25) is 10.0 Å². The number of nitrogens with one attached hydrogen (secondary N) is 3. The third-order valence-corrected chi connectivity index (χ3v) is 4.09. The molecule has 0 aliphatic rings. The van der Waals surface area contributed by atoms with Crippen molar-refractivity contribution < 1.29 is 9.59 Å². The number of urea groups is 1. The molecule has 0 spiro atoms. The fourth-order valence-electron chi connectivity index (χ4n) is 2.48. The van der Waals surface area contributed by atoms with Crippen LogP contribution in [0, 0.1) is 20.8 Å². The summed E-state index contributed by atoms with van der Waals surface area (Å²) in [5.74, 6) is -0.317. The summed E-state index contributed by atoms with van der Waals surface area (Å²) in [5.41, 5.74) is 4.21. The highest BCUT2D eigenvalue weighted by Gasteiger charge is 2.11. The SMILES string of the molecule is Cc1cc(C)c(NC(=O)CNC(=O)Nc2cc(Cl)ccc2Cl)c(C)c1. The molecule has 0 saturated heterocycles. The average Bonchev–Trinajstić information content (AvgIpc) is 2.52. The minimum Gasteiger partial charge on any atom is -0.329 e. The van der Waals surface area contributed by atoms with Gasteiger partial charge < -0.3 is 16.0 Å². The Kier molecular flexibility index (Phi) is 6.28. The van der Waals surface area contributed by atoms with E-state index in [4.69, 9.17) is 23.2 Å². The molecule has 0 aliphatic carbocycles. The van der Waals surface area contributed by atoms with Gasteiger partial charge in [-0.05, 0) is 50.1 Å². The number of carbonyl (C=O) groups excluding carboxylic acids is 2. The molecule has 3 N–H and O–H groups in total. The largest absolute Gasteiger partial charge is 0.329 e. The number of halogens is 2. The van der Waals surface area contributed by atoms with E-state index < -0.39 is 6.03 Å².